The summed E-state index contributed by atoms with van der Waals surface area (Å²) in [5.74, 6) is 0.327. The van der Waals surface area contributed by atoms with Crippen molar-refractivity contribution in [1.82, 2.24) is 5.32 Å². The van der Waals surface area contributed by atoms with E-state index in [9.17, 15) is 20.1 Å². The first-order chi connectivity index (χ1) is 11.5. The first kappa shape index (κ1) is 19.0. The largest absolute Gasteiger partial charge is 0.388 e. The minimum Gasteiger partial charge on any atom is -0.388 e. The highest BCUT2D eigenvalue weighted by atomic mass is 32.2. The molecule has 0 aliphatic carbocycles. The molecule has 0 unspecified atom stereocenters. The van der Waals surface area contributed by atoms with Gasteiger partial charge in [0.2, 0.25) is 5.91 Å². The number of rotatable bonds is 6. The summed E-state index contributed by atoms with van der Waals surface area (Å²) in [6, 6.07) is 9.81. The lowest BCUT2D eigenvalue weighted by Crippen LogP contribution is -2.59. The maximum atomic E-state index is 11.0. The Morgan fingerprint density at radius 3 is 2.58 bits per heavy atom. The molecule has 132 valence electrons. The summed E-state index contributed by atoms with van der Waals surface area (Å²) < 4.78 is 5.64. The van der Waals surface area contributed by atoms with Gasteiger partial charge in [0.05, 0.1) is 0 Å². The zero-order valence-electron chi connectivity index (χ0n) is 13.4. The standard InChI is InChI=1S/C17H23NO5S/c1-11(19)18-10-13-14(20)15(21)16(22)17(23-13)24-9-5-8-12-6-3-2-4-7-12/h2-8,13-17,20-22H,9-10H2,1H3,(H,18,19)/b8-5+/t13-,14-,15+,16+,17-/m1/s1. The molecule has 0 spiro atoms. The first-order valence-electron chi connectivity index (χ1n) is 7.76. The molecule has 1 aromatic carbocycles. The smallest absolute Gasteiger partial charge is 0.216 e. The Labute approximate surface area is 145 Å². The van der Waals surface area contributed by atoms with Gasteiger partial charge in [0, 0.05) is 19.2 Å². The van der Waals surface area contributed by atoms with Crippen molar-refractivity contribution in [2.75, 3.05) is 12.3 Å². The predicted molar refractivity (Wildman–Crippen MR) is 93.3 cm³/mol. The van der Waals surface area contributed by atoms with Crippen LogP contribution in [0.5, 0.6) is 0 Å². The van der Waals surface area contributed by atoms with Crippen LogP contribution in [0.1, 0.15) is 12.5 Å². The Morgan fingerprint density at radius 2 is 1.92 bits per heavy atom. The summed E-state index contributed by atoms with van der Waals surface area (Å²) in [5.41, 5.74) is 0.393. The van der Waals surface area contributed by atoms with E-state index in [2.05, 4.69) is 5.32 Å². The number of nitrogens with one attached hydrogen (secondary N) is 1. The summed E-state index contributed by atoms with van der Waals surface area (Å²) in [6.45, 7) is 1.44. The van der Waals surface area contributed by atoms with Crippen molar-refractivity contribution in [3.63, 3.8) is 0 Å². The summed E-state index contributed by atoms with van der Waals surface area (Å²) >= 11 is 1.33. The second-order valence-electron chi connectivity index (χ2n) is 5.60. The van der Waals surface area contributed by atoms with Gasteiger partial charge in [0.15, 0.2) is 0 Å². The van der Waals surface area contributed by atoms with Crippen LogP contribution < -0.4 is 5.32 Å². The Bertz CT molecular complexity index is 553. The summed E-state index contributed by atoms with van der Waals surface area (Å²) in [7, 11) is 0. The summed E-state index contributed by atoms with van der Waals surface area (Å²) in [5, 5.41) is 32.5. The average molecular weight is 353 g/mol. The van der Waals surface area contributed by atoms with Crippen LogP contribution in [0.15, 0.2) is 36.4 Å². The number of hydrogen-bond acceptors (Lipinski definition) is 6. The van der Waals surface area contributed by atoms with Crippen molar-refractivity contribution in [2.45, 2.75) is 36.8 Å². The zero-order chi connectivity index (χ0) is 17.5. The number of ether oxygens (including phenoxy) is 1. The van der Waals surface area contributed by atoms with E-state index in [1.807, 2.05) is 42.5 Å². The molecule has 1 aliphatic heterocycles. The van der Waals surface area contributed by atoms with Gasteiger partial charge in [-0.2, -0.15) is 0 Å². The molecule has 0 saturated carbocycles. The fourth-order valence-corrected chi connectivity index (χ4v) is 3.34. The van der Waals surface area contributed by atoms with Gasteiger partial charge in [0.1, 0.15) is 29.9 Å². The van der Waals surface area contributed by atoms with E-state index < -0.39 is 29.9 Å². The molecule has 24 heavy (non-hydrogen) atoms. The fraction of sp³-hybridized carbons (Fsp3) is 0.471. The van der Waals surface area contributed by atoms with Crippen LogP contribution in [0.2, 0.25) is 0 Å². The van der Waals surface area contributed by atoms with Crippen molar-refractivity contribution < 1.29 is 24.9 Å². The number of carbonyl (C=O) groups excluding carboxylic acids is 1. The lowest BCUT2D eigenvalue weighted by molar-refractivity contribution is -0.196. The number of aliphatic hydroxyl groups is 3. The number of thioether (sulfide) groups is 1. The lowest BCUT2D eigenvalue weighted by atomic mass is 10.00. The van der Waals surface area contributed by atoms with Crippen molar-refractivity contribution in [2.24, 2.45) is 0 Å². The molecule has 0 radical (unpaired) electrons. The number of hydrogen-bond donors (Lipinski definition) is 4. The lowest BCUT2D eigenvalue weighted by Gasteiger charge is -2.40. The molecule has 6 nitrogen and oxygen atoms in total. The Kier molecular flexibility index (Phi) is 7.26. The quantitative estimate of drug-likeness (QED) is 0.590. The van der Waals surface area contributed by atoms with Gasteiger partial charge in [-0.15, -0.1) is 11.8 Å². The summed E-state index contributed by atoms with van der Waals surface area (Å²) in [6.07, 6.45) is -0.609. The SMILES string of the molecule is CC(=O)NC[C@H]1O[C@H](SC/C=C/c2ccccc2)[C@@H](O)[C@@H](O)[C@@H]1O. The predicted octanol–water partition coefficient (Wildman–Crippen LogP) is 0.377. The van der Waals surface area contributed by atoms with Crippen LogP contribution in [0.3, 0.4) is 0 Å². The van der Waals surface area contributed by atoms with Crippen LogP contribution in [0, 0.1) is 0 Å². The topological polar surface area (TPSA) is 99.0 Å². The monoisotopic (exact) mass is 353 g/mol. The normalized spacial score (nSPS) is 30.4. The highest BCUT2D eigenvalue weighted by Crippen LogP contribution is 2.28. The van der Waals surface area contributed by atoms with Crippen LogP contribution in [0.4, 0.5) is 0 Å². The second kappa shape index (κ2) is 9.19. The van der Waals surface area contributed by atoms with Gasteiger partial charge < -0.3 is 25.4 Å². The molecule has 1 aromatic rings. The van der Waals surface area contributed by atoms with Gasteiger partial charge in [-0.1, -0.05) is 42.5 Å². The van der Waals surface area contributed by atoms with E-state index >= 15 is 0 Å². The van der Waals surface area contributed by atoms with Crippen LogP contribution in [-0.2, 0) is 9.53 Å². The van der Waals surface area contributed by atoms with E-state index in [1.54, 1.807) is 0 Å². The number of aliphatic hydroxyl groups excluding tert-OH is 3. The third-order valence-electron chi connectivity index (χ3n) is 3.69. The number of benzene rings is 1. The molecule has 4 N–H and O–H groups in total. The van der Waals surface area contributed by atoms with E-state index in [-0.39, 0.29) is 12.5 Å². The molecule has 2 rings (SSSR count). The van der Waals surface area contributed by atoms with E-state index in [1.165, 1.54) is 18.7 Å². The molecule has 1 amide bonds. The third kappa shape index (κ3) is 5.32. The van der Waals surface area contributed by atoms with Gasteiger partial charge in [-0.05, 0) is 5.56 Å². The molecular formula is C17H23NO5S. The molecule has 7 heteroatoms. The Hall–Kier alpha value is -1.38. The maximum absolute atomic E-state index is 11.0. The highest BCUT2D eigenvalue weighted by Gasteiger charge is 2.43. The number of carbonyl (C=O) groups is 1. The van der Waals surface area contributed by atoms with Crippen LogP contribution >= 0.6 is 11.8 Å². The van der Waals surface area contributed by atoms with Gasteiger partial charge in [-0.3, -0.25) is 4.79 Å². The molecule has 0 aromatic heterocycles. The molecular weight excluding hydrogens is 330 g/mol. The molecule has 1 fully saturated rings. The van der Waals surface area contributed by atoms with Crippen LogP contribution in [-0.4, -0.2) is 63.4 Å². The summed E-state index contributed by atoms with van der Waals surface area (Å²) in [4.78, 5) is 11.0. The van der Waals surface area contributed by atoms with Crippen molar-refractivity contribution in [3.05, 3.63) is 42.0 Å². The first-order valence-corrected chi connectivity index (χ1v) is 8.81. The maximum Gasteiger partial charge on any atom is 0.216 e. The third-order valence-corrected chi connectivity index (χ3v) is 4.79. The number of amides is 1. The molecule has 5 atom stereocenters. The van der Waals surface area contributed by atoms with E-state index in [0.717, 1.165) is 5.56 Å². The van der Waals surface area contributed by atoms with Crippen molar-refractivity contribution in [3.8, 4) is 0 Å². The molecule has 1 aliphatic rings. The van der Waals surface area contributed by atoms with Crippen molar-refractivity contribution >= 4 is 23.7 Å². The second-order valence-corrected chi connectivity index (χ2v) is 6.73. The Morgan fingerprint density at radius 1 is 1.21 bits per heavy atom. The van der Waals surface area contributed by atoms with Gasteiger partial charge >= 0.3 is 0 Å². The molecule has 1 saturated heterocycles. The Balaban J connectivity index is 1.88. The zero-order valence-corrected chi connectivity index (χ0v) is 14.2. The highest BCUT2D eigenvalue weighted by molar-refractivity contribution is 7.99. The van der Waals surface area contributed by atoms with Crippen molar-refractivity contribution in [1.29, 1.82) is 0 Å². The van der Waals surface area contributed by atoms with Gasteiger partial charge in [-0.25, -0.2) is 0 Å². The van der Waals surface area contributed by atoms with E-state index in [0.29, 0.717) is 5.75 Å². The average Bonchev–Trinajstić information content (AvgIpc) is 2.58. The molecule has 1 heterocycles. The van der Waals surface area contributed by atoms with Gasteiger partial charge in [0.25, 0.3) is 0 Å². The minimum atomic E-state index is -1.31. The van der Waals surface area contributed by atoms with E-state index in [4.69, 9.17) is 4.74 Å². The molecule has 0 bridgehead atoms. The minimum absolute atomic E-state index is 0.0806. The van der Waals surface area contributed by atoms with Crippen LogP contribution in [0.25, 0.3) is 6.08 Å². The fourth-order valence-electron chi connectivity index (χ4n) is 2.37.